The van der Waals surface area contributed by atoms with Crippen molar-refractivity contribution in [2.45, 2.75) is 18.7 Å². The molecule has 1 aromatic carbocycles. The fourth-order valence-electron chi connectivity index (χ4n) is 1.05. The van der Waals surface area contributed by atoms with Crippen LogP contribution in [-0.2, 0) is 0 Å². The molecule has 0 aliphatic heterocycles. The van der Waals surface area contributed by atoms with E-state index >= 15 is 0 Å². The van der Waals surface area contributed by atoms with Gasteiger partial charge in [-0.25, -0.2) is 0 Å². The summed E-state index contributed by atoms with van der Waals surface area (Å²) in [4.78, 5) is 11.7. The van der Waals surface area contributed by atoms with E-state index in [-0.39, 0.29) is 10.8 Å². The Balaban J connectivity index is 3.07. The Morgan fingerprint density at radius 2 is 2.07 bits per heavy atom. The summed E-state index contributed by atoms with van der Waals surface area (Å²) in [6.45, 7) is 1.84. The van der Waals surface area contributed by atoms with E-state index in [1.807, 2.05) is 6.92 Å². The van der Waals surface area contributed by atoms with E-state index in [0.29, 0.717) is 17.0 Å². The van der Waals surface area contributed by atoms with E-state index in [9.17, 15) is 4.79 Å². The predicted molar refractivity (Wildman–Crippen MR) is 60.7 cm³/mol. The first-order chi connectivity index (χ1) is 6.57. The van der Waals surface area contributed by atoms with Gasteiger partial charge in [-0.05, 0) is 18.6 Å². The van der Waals surface area contributed by atoms with Crippen molar-refractivity contribution in [1.82, 2.24) is 0 Å². The maximum atomic E-state index is 11.7. The smallest absolute Gasteiger partial charge is 0.182 e. The average molecular weight is 252 g/mol. The molecule has 4 heteroatoms. The Kier molecular flexibility index (Phi) is 4.24. The molecule has 0 fully saturated rings. The molecular weight excluding hydrogens is 242 g/mol. The Hall–Kier alpha value is -0.240. The zero-order valence-electron chi connectivity index (χ0n) is 7.56. The highest BCUT2D eigenvalue weighted by molar-refractivity contribution is 6.45. The van der Waals surface area contributed by atoms with E-state index in [1.54, 1.807) is 18.2 Å². The highest BCUT2D eigenvalue weighted by atomic mass is 35.5. The summed E-state index contributed by atoms with van der Waals surface area (Å²) < 4.78 is 0. The minimum atomic E-state index is -0.536. The van der Waals surface area contributed by atoms with Crippen LogP contribution in [0.2, 0.25) is 10.0 Å². The number of ketones is 1. The molecule has 0 heterocycles. The first-order valence-corrected chi connectivity index (χ1v) is 5.39. The molecule has 1 unspecified atom stereocenters. The van der Waals surface area contributed by atoms with Gasteiger partial charge in [0.25, 0.3) is 0 Å². The second-order valence-corrected chi connectivity index (χ2v) is 4.15. The molecule has 0 amide bonds. The number of Topliss-reactive ketones (excluding diaryl/α,β-unsaturated/α-hetero) is 1. The summed E-state index contributed by atoms with van der Waals surface area (Å²) in [6.07, 6.45) is 0.573. The van der Waals surface area contributed by atoms with Crippen LogP contribution in [0.25, 0.3) is 0 Å². The van der Waals surface area contributed by atoms with E-state index in [0.717, 1.165) is 0 Å². The number of carbonyl (C=O) groups is 1. The number of halogens is 3. The molecule has 0 aromatic heterocycles. The summed E-state index contributed by atoms with van der Waals surface area (Å²) in [5.41, 5.74) is 0.390. The van der Waals surface area contributed by atoms with Gasteiger partial charge < -0.3 is 0 Å². The number of rotatable bonds is 3. The van der Waals surface area contributed by atoms with Gasteiger partial charge in [-0.1, -0.05) is 36.2 Å². The largest absolute Gasteiger partial charge is 0.292 e. The molecule has 1 aromatic rings. The first kappa shape index (κ1) is 11.8. The van der Waals surface area contributed by atoms with Crippen molar-refractivity contribution in [3.05, 3.63) is 33.8 Å². The lowest BCUT2D eigenvalue weighted by Crippen LogP contribution is -2.13. The first-order valence-electron chi connectivity index (χ1n) is 4.20. The van der Waals surface area contributed by atoms with Crippen LogP contribution in [0.4, 0.5) is 0 Å². The fourth-order valence-corrected chi connectivity index (χ4v) is 1.56. The van der Waals surface area contributed by atoms with Crippen molar-refractivity contribution in [3.8, 4) is 0 Å². The number of hydrogen-bond acceptors (Lipinski definition) is 1. The molecular formula is C10H9Cl3O. The molecule has 1 rings (SSSR count). The van der Waals surface area contributed by atoms with Gasteiger partial charge in [-0.3, -0.25) is 4.79 Å². The second kappa shape index (κ2) is 5.01. The Labute approximate surface area is 98.0 Å². The van der Waals surface area contributed by atoms with Crippen LogP contribution in [0, 0.1) is 0 Å². The summed E-state index contributed by atoms with van der Waals surface area (Å²) in [5, 5.41) is 0.113. The molecule has 0 spiro atoms. The minimum absolute atomic E-state index is 0.179. The summed E-state index contributed by atoms with van der Waals surface area (Å²) >= 11 is 17.5. The molecule has 0 saturated carbocycles. The van der Waals surface area contributed by atoms with Crippen molar-refractivity contribution in [2.24, 2.45) is 0 Å². The molecule has 0 aliphatic carbocycles. The van der Waals surface area contributed by atoms with Crippen LogP contribution in [0.15, 0.2) is 18.2 Å². The summed E-state index contributed by atoms with van der Waals surface area (Å²) in [5.74, 6) is -0.179. The molecule has 0 N–H and O–H groups in total. The van der Waals surface area contributed by atoms with Crippen LogP contribution in [0.1, 0.15) is 23.7 Å². The van der Waals surface area contributed by atoms with Gasteiger partial charge in [-0.2, -0.15) is 0 Å². The average Bonchev–Trinajstić information content (AvgIpc) is 2.20. The number of benzene rings is 1. The van der Waals surface area contributed by atoms with Crippen molar-refractivity contribution in [1.29, 1.82) is 0 Å². The van der Waals surface area contributed by atoms with E-state index in [4.69, 9.17) is 34.8 Å². The highest BCUT2D eigenvalue weighted by Crippen LogP contribution is 2.27. The van der Waals surface area contributed by atoms with E-state index in [1.165, 1.54) is 0 Å². The van der Waals surface area contributed by atoms with Crippen molar-refractivity contribution >= 4 is 40.6 Å². The second-order valence-electron chi connectivity index (χ2n) is 2.84. The molecule has 1 nitrogen and oxygen atoms in total. The molecule has 0 saturated heterocycles. The highest BCUT2D eigenvalue weighted by Gasteiger charge is 2.18. The van der Waals surface area contributed by atoms with Crippen LogP contribution < -0.4 is 0 Å². The molecule has 1 atom stereocenters. The van der Waals surface area contributed by atoms with Gasteiger partial charge in [-0.15, -0.1) is 11.6 Å². The quantitative estimate of drug-likeness (QED) is 0.581. The minimum Gasteiger partial charge on any atom is -0.292 e. The predicted octanol–water partition coefficient (Wildman–Crippen LogP) is 4.19. The molecule has 0 aliphatic rings. The molecule has 0 bridgehead atoms. The van der Waals surface area contributed by atoms with Crippen LogP contribution in [-0.4, -0.2) is 11.2 Å². The summed E-state index contributed by atoms with van der Waals surface area (Å²) in [7, 11) is 0. The van der Waals surface area contributed by atoms with Gasteiger partial charge in [0.1, 0.15) is 0 Å². The topological polar surface area (TPSA) is 17.1 Å². The van der Waals surface area contributed by atoms with Crippen LogP contribution in [0.5, 0.6) is 0 Å². The van der Waals surface area contributed by atoms with Crippen LogP contribution >= 0.6 is 34.8 Å². The van der Waals surface area contributed by atoms with Gasteiger partial charge in [0.15, 0.2) is 5.78 Å². The van der Waals surface area contributed by atoms with Gasteiger partial charge in [0, 0.05) is 5.56 Å². The zero-order valence-corrected chi connectivity index (χ0v) is 9.83. The normalized spacial score (nSPS) is 12.6. The lowest BCUT2D eigenvalue weighted by molar-refractivity contribution is 0.0986. The Morgan fingerprint density at radius 1 is 1.43 bits per heavy atom. The SMILES string of the molecule is CCC(Cl)C(=O)c1cccc(Cl)c1Cl. The van der Waals surface area contributed by atoms with E-state index in [2.05, 4.69) is 0 Å². The maximum absolute atomic E-state index is 11.7. The lowest BCUT2D eigenvalue weighted by atomic mass is 10.1. The van der Waals surface area contributed by atoms with Crippen molar-refractivity contribution in [2.75, 3.05) is 0 Å². The van der Waals surface area contributed by atoms with Gasteiger partial charge >= 0.3 is 0 Å². The Morgan fingerprint density at radius 3 is 2.64 bits per heavy atom. The fraction of sp³-hybridized carbons (Fsp3) is 0.300. The standard InChI is InChI=1S/C10H9Cl3O/c1-2-7(11)10(14)6-4-3-5-8(12)9(6)13/h3-5,7H,2H2,1H3. The monoisotopic (exact) mass is 250 g/mol. The number of hydrogen-bond donors (Lipinski definition) is 0. The lowest BCUT2D eigenvalue weighted by Gasteiger charge is -2.07. The molecule has 76 valence electrons. The summed E-state index contributed by atoms with van der Waals surface area (Å²) in [6, 6.07) is 4.94. The maximum Gasteiger partial charge on any atom is 0.182 e. The van der Waals surface area contributed by atoms with Crippen molar-refractivity contribution in [3.63, 3.8) is 0 Å². The third-order valence-electron chi connectivity index (χ3n) is 1.86. The Bertz CT molecular complexity index is 349. The van der Waals surface area contributed by atoms with Gasteiger partial charge in [0.05, 0.1) is 15.4 Å². The van der Waals surface area contributed by atoms with Gasteiger partial charge in [0.2, 0.25) is 0 Å². The molecule has 0 radical (unpaired) electrons. The van der Waals surface area contributed by atoms with Crippen molar-refractivity contribution < 1.29 is 4.79 Å². The van der Waals surface area contributed by atoms with E-state index < -0.39 is 5.38 Å². The molecule has 14 heavy (non-hydrogen) atoms. The third kappa shape index (κ3) is 2.41. The zero-order chi connectivity index (χ0) is 10.7. The van der Waals surface area contributed by atoms with Crippen LogP contribution in [0.3, 0.4) is 0 Å². The third-order valence-corrected chi connectivity index (χ3v) is 3.19. The number of alkyl halides is 1. The number of carbonyl (C=O) groups excluding carboxylic acids is 1.